The molecule has 0 aliphatic rings. The highest BCUT2D eigenvalue weighted by molar-refractivity contribution is 7.91. The van der Waals surface area contributed by atoms with E-state index >= 15 is 0 Å². The van der Waals surface area contributed by atoms with Crippen LogP contribution in [0.2, 0.25) is 0 Å². The molecule has 2 aromatic carbocycles. The third kappa shape index (κ3) is 5.95. The Morgan fingerprint density at radius 1 is 1.25 bits per heavy atom. The van der Waals surface area contributed by atoms with Gasteiger partial charge in [0.25, 0.3) is 11.6 Å². The highest BCUT2D eigenvalue weighted by Crippen LogP contribution is 2.37. The number of carbonyl (C=O) groups excluding carboxylic acids is 1. The summed E-state index contributed by atoms with van der Waals surface area (Å²) in [5, 5.41) is 25.2. The molecule has 170 valence electrons. The summed E-state index contributed by atoms with van der Waals surface area (Å²) < 4.78 is 64.4. The zero-order chi connectivity index (χ0) is 24.3. The number of nitro benzene ring substituents is 1. The lowest BCUT2D eigenvalue weighted by Gasteiger charge is -2.22. The zero-order valence-corrected chi connectivity index (χ0v) is 17.7. The molecule has 2 N–H and O–H groups in total. The third-order valence-corrected chi connectivity index (χ3v) is 6.11. The normalized spacial score (nSPS) is 13.5. The van der Waals surface area contributed by atoms with Crippen LogP contribution >= 0.6 is 12.2 Å². The predicted octanol–water partition coefficient (Wildman–Crippen LogP) is 3.51. The Kier molecular flexibility index (Phi) is 7.15. The van der Waals surface area contributed by atoms with Crippen molar-refractivity contribution >= 4 is 50.2 Å². The average Bonchev–Trinajstić information content (AvgIpc) is 2.67. The summed E-state index contributed by atoms with van der Waals surface area (Å²) in [6.45, 7) is 0.862. The van der Waals surface area contributed by atoms with Gasteiger partial charge in [-0.15, -0.1) is 0 Å². The van der Waals surface area contributed by atoms with Crippen molar-refractivity contribution in [2.24, 2.45) is 4.99 Å². The number of nitro groups is 1. The minimum atomic E-state index is -5.09. The van der Waals surface area contributed by atoms with Gasteiger partial charge in [0.1, 0.15) is 5.56 Å². The van der Waals surface area contributed by atoms with E-state index in [4.69, 9.17) is 0 Å². The smallest absolute Gasteiger partial charge is 0.379 e. The van der Waals surface area contributed by atoms with E-state index < -0.39 is 55.1 Å². The average molecular weight is 489 g/mol. The molecule has 1 amide bonds. The van der Waals surface area contributed by atoms with Crippen LogP contribution < -0.4 is 5.32 Å². The van der Waals surface area contributed by atoms with Gasteiger partial charge in [-0.05, 0) is 55.5 Å². The van der Waals surface area contributed by atoms with Crippen LogP contribution in [0, 0.1) is 10.1 Å². The summed E-state index contributed by atoms with van der Waals surface area (Å²) in [5.41, 5.74) is -5.60. The van der Waals surface area contributed by atoms with E-state index in [9.17, 15) is 41.6 Å². The van der Waals surface area contributed by atoms with Crippen LogP contribution in [-0.4, -0.2) is 40.9 Å². The summed E-state index contributed by atoms with van der Waals surface area (Å²) in [6.07, 6.45) is -5.09. The molecule has 32 heavy (non-hydrogen) atoms. The topological polar surface area (TPSA) is 139 Å². The number of rotatable bonds is 7. The minimum absolute atomic E-state index is 0.247. The number of aliphatic hydroxyl groups is 1. The van der Waals surface area contributed by atoms with Gasteiger partial charge in [-0.3, -0.25) is 14.9 Å². The first-order valence-electron chi connectivity index (χ1n) is 8.47. The number of halogens is 3. The van der Waals surface area contributed by atoms with Gasteiger partial charge >= 0.3 is 6.18 Å². The Morgan fingerprint density at radius 2 is 1.84 bits per heavy atom. The molecule has 0 bridgehead atoms. The highest BCUT2D eigenvalue weighted by atomic mass is 32.2. The molecule has 0 radical (unpaired) electrons. The number of sulfone groups is 1. The number of aliphatic imine (C=N–C) groups is 1. The van der Waals surface area contributed by atoms with Crippen molar-refractivity contribution in [2.45, 2.75) is 23.6 Å². The van der Waals surface area contributed by atoms with Crippen molar-refractivity contribution < 1.29 is 36.4 Å². The molecular formula is C18H14F3N3O6S2. The quantitative estimate of drug-likeness (QED) is 0.263. The standard InChI is InChI=1S/C18H14F3N3O6S2/c1-17(26,9-32(29,30)13-5-2-11(3-6-13)22-10-31)16(25)23-12-4-7-15(24(27)28)14(8-12)18(19,20)21/h2-8,26H,9H2,1H3,(H,23,25)/t17-/m0/s1. The second-order valence-corrected chi connectivity index (χ2v) is 8.84. The lowest BCUT2D eigenvalue weighted by molar-refractivity contribution is -0.388. The van der Waals surface area contributed by atoms with Crippen molar-refractivity contribution in [1.82, 2.24) is 0 Å². The lowest BCUT2D eigenvalue weighted by atomic mass is 10.1. The molecule has 0 aliphatic heterocycles. The first-order valence-corrected chi connectivity index (χ1v) is 10.5. The van der Waals surface area contributed by atoms with Crippen molar-refractivity contribution in [3.05, 3.63) is 58.1 Å². The van der Waals surface area contributed by atoms with Crippen LogP contribution in [0.15, 0.2) is 52.4 Å². The fraction of sp³-hybridized carbons (Fsp3) is 0.222. The number of alkyl halides is 3. The molecule has 0 aromatic heterocycles. The van der Waals surface area contributed by atoms with E-state index in [-0.39, 0.29) is 4.90 Å². The number of isothiocyanates is 1. The van der Waals surface area contributed by atoms with Crippen LogP contribution in [0.25, 0.3) is 0 Å². The number of nitrogens with zero attached hydrogens (tertiary/aromatic N) is 2. The van der Waals surface area contributed by atoms with Gasteiger partial charge < -0.3 is 10.4 Å². The predicted molar refractivity (Wildman–Crippen MR) is 111 cm³/mol. The van der Waals surface area contributed by atoms with Crippen LogP contribution in [0.5, 0.6) is 0 Å². The van der Waals surface area contributed by atoms with Crippen molar-refractivity contribution in [3.63, 3.8) is 0 Å². The molecule has 0 heterocycles. The van der Waals surface area contributed by atoms with Gasteiger partial charge in [-0.25, -0.2) is 8.42 Å². The van der Waals surface area contributed by atoms with Crippen LogP contribution in [0.3, 0.4) is 0 Å². The Balaban J connectivity index is 2.27. The van der Waals surface area contributed by atoms with Gasteiger partial charge in [-0.1, -0.05) is 0 Å². The van der Waals surface area contributed by atoms with Crippen LogP contribution in [-0.2, 0) is 20.8 Å². The summed E-state index contributed by atoms with van der Waals surface area (Å²) in [6, 6.07) is 6.64. The molecule has 0 aliphatic carbocycles. The van der Waals surface area contributed by atoms with Crippen molar-refractivity contribution in [2.75, 3.05) is 11.1 Å². The number of carbonyl (C=O) groups is 1. The van der Waals surface area contributed by atoms with E-state index in [1.807, 2.05) is 5.32 Å². The van der Waals surface area contributed by atoms with E-state index in [2.05, 4.69) is 22.4 Å². The van der Waals surface area contributed by atoms with Gasteiger partial charge in [-0.2, -0.15) is 18.2 Å². The Bertz CT molecular complexity index is 1210. The third-order valence-electron chi connectivity index (χ3n) is 4.09. The molecule has 2 rings (SSSR count). The molecule has 14 heteroatoms. The largest absolute Gasteiger partial charge is 0.423 e. The van der Waals surface area contributed by atoms with Gasteiger partial charge in [0.15, 0.2) is 15.4 Å². The minimum Gasteiger partial charge on any atom is -0.379 e. The van der Waals surface area contributed by atoms with E-state index in [0.29, 0.717) is 17.8 Å². The maximum Gasteiger partial charge on any atom is 0.423 e. The summed E-state index contributed by atoms with van der Waals surface area (Å²) >= 11 is 4.43. The van der Waals surface area contributed by atoms with E-state index in [0.717, 1.165) is 13.0 Å². The monoisotopic (exact) mass is 489 g/mol. The molecule has 0 fully saturated rings. The van der Waals surface area contributed by atoms with Crippen LogP contribution in [0.1, 0.15) is 12.5 Å². The maximum atomic E-state index is 13.1. The number of hydrogen-bond donors (Lipinski definition) is 2. The summed E-state index contributed by atoms with van der Waals surface area (Å²) in [5.74, 6) is -2.43. The SMILES string of the molecule is C[C@](O)(CS(=O)(=O)c1ccc(N=C=S)cc1)C(=O)Nc1ccc([N+](=O)[O-])c(C(F)(F)F)c1. The highest BCUT2D eigenvalue weighted by Gasteiger charge is 2.40. The molecule has 2 aromatic rings. The number of thiocarbonyl (C=S) groups is 1. The summed E-state index contributed by atoms with van der Waals surface area (Å²) in [4.78, 5) is 25.4. The van der Waals surface area contributed by atoms with E-state index in [1.165, 1.54) is 24.3 Å². The number of hydrogen-bond acceptors (Lipinski definition) is 8. The Morgan fingerprint density at radius 3 is 2.34 bits per heavy atom. The second kappa shape index (κ2) is 9.12. The fourth-order valence-corrected chi connectivity index (χ4v) is 4.26. The fourth-order valence-electron chi connectivity index (χ4n) is 2.57. The summed E-state index contributed by atoms with van der Waals surface area (Å²) in [7, 11) is -4.20. The molecular weight excluding hydrogens is 475 g/mol. The van der Waals surface area contributed by atoms with Crippen LogP contribution in [0.4, 0.5) is 30.2 Å². The molecule has 0 spiro atoms. The molecule has 9 nitrogen and oxygen atoms in total. The maximum absolute atomic E-state index is 13.1. The number of nitrogens with one attached hydrogen (secondary N) is 1. The van der Waals surface area contributed by atoms with E-state index in [1.54, 1.807) is 0 Å². The first-order chi connectivity index (χ1) is 14.7. The molecule has 0 saturated heterocycles. The van der Waals surface area contributed by atoms with Gasteiger partial charge in [0.2, 0.25) is 0 Å². The number of anilines is 1. The lowest BCUT2D eigenvalue weighted by Crippen LogP contribution is -2.45. The Hall–Kier alpha value is -3.19. The molecule has 0 unspecified atom stereocenters. The van der Waals surface area contributed by atoms with Crippen molar-refractivity contribution in [1.29, 1.82) is 0 Å². The number of benzene rings is 2. The Labute approximate surface area is 184 Å². The number of amides is 1. The van der Waals surface area contributed by atoms with Gasteiger partial charge in [0.05, 0.1) is 26.4 Å². The molecule has 1 atom stereocenters. The van der Waals surface area contributed by atoms with Crippen molar-refractivity contribution in [3.8, 4) is 0 Å². The van der Waals surface area contributed by atoms with Gasteiger partial charge in [0, 0.05) is 11.8 Å². The first kappa shape index (κ1) is 25.1. The molecule has 0 saturated carbocycles. The zero-order valence-electron chi connectivity index (χ0n) is 16.1. The second-order valence-electron chi connectivity index (χ2n) is 6.67.